The molecule has 3 heteroatoms. The van der Waals surface area contributed by atoms with E-state index in [1.165, 1.54) is 0 Å². The van der Waals surface area contributed by atoms with Crippen molar-refractivity contribution in [3.63, 3.8) is 0 Å². The minimum atomic E-state index is -0.473. The van der Waals surface area contributed by atoms with E-state index in [2.05, 4.69) is 27.2 Å². The zero-order chi connectivity index (χ0) is 10.3. The number of unbranched alkanes of at least 4 members (excludes halogenated alkanes) is 2. The Hall–Kier alpha value is -0.490. The van der Waals surface area contributed by atoms with Crippen LogP contribution in [0.1, 0.15) is 33.1 Å². The molecular formula is C10H16BrNO. The minimum absolute atomic E-state index is 0.0215. The van der Waals surface area contributed by atoms with E-state index in [4.69, 9.17) is 6.42 Å². The monoisotopic (exact) mass is 245 g/mol. The van der Waals surface area contributed by atoms with Gasteiger partial charge in [0.1, 0.15) is 0 Å². The van der Waals surface area contributed by atoms with Crippen LogP contribution in [0.15, 0.2) is 0 Å². The van der Waals surface area contributed by atoms with Gasteiger partial charge >= 0.3 is 0 Å². The number of carbonyl (C=O) groups is 1. The zero-order valence-corrected chi connectivity index (χ0v) is 9.78. The van der Waals surface area contributed by atoms with E-state index < -0.39 is 4.32 Å². The number of amides is 1. The standard InChI is InChI=1S/C10H16BrNO/c1-4-5-6-7-8-12-9(13)10(2,3)11/h1H,5-8H2,2-3H3,(H,12,13). The Morgan fingerprint density at radius 3 is 2.62 bits per heavy atom. The first-order valence-corrected chi connectivity index (χ1v) is 5.18. The van der Waals surface area contributed by atoms with Crippen molar-refractivity contribution in [3.8, 4) is 12.3 Å². The van der Waals surface area contributed by atoms with Gasteiger partial charge in [-0.1, -0.05) is 15.9 Å². The highest BCUT2D eigenvalue weighted by Gasteiger charge is 2.22. The Balaban J connectivity index is 3.45. The summed E-state index contributed by atoms with van der Waals surface area (Å²) in [5.74, 6) is 2.59. The Morgan fingerprint density at radius 1 is 1.54 bits per heavy atom. The molecule has 0 aromatic carbocycles. The van der Waals surface area contributed by atoms with Crippen LogP contribution in [0.2, 0.25) is 0 Å². The third kappa shape index (κ3) is 6.65. The van der Waals surface area contributed by atoms with E-state index in [-0.39, 0.29) is 5.91 Å². The van der Waals surface area contributed by atoms with Crippen LogP contribution in [0.3, 0.4) is 0 Å². The summed E-state index contributed by atoms with van der Waals surface area (Å²) in [5, 5.41) is 2.83. The molecule has 0 atom stereocenters. The second kappa shape index (κ2) is 6.04. The number of halogens is 1. The van der Waals surface area contributed by atoms with Crippen molar-refractivity contribution in [2.24, 2.45) is 0 Å². The number of hydrogen-bond donors (Lipinski definition) is 1. The molecule has 0 aromatic rings. The number of terminal acetylenes is 1. The molecule has 1 N–H and O–H groups in total. The second-order valence-electron chi connectivity index (χ2n) is 3.39. The first kappa shape index (κ1) is 12.5. The van der Waals surface area contributed by atoms with Crippen LogP contribution in [0.25, 0.3) is 0 Å². The van der Waals surface area contributed by atoms with Crippen molar-refractivity contribution >= 4 is 21.8 Å². The van der Waals surface area contributed by atoms with Gasteiger partial charge in [0.05, 0.1) is 4.32 Å². The maximum Gasteiger partial charge on any atom is 0.236 e. The van der Waals surface area contributed by atoms with Gasteiger partial charge in [0.15, 0.2) is 0 Å². The lowest BCUT2D eigenvalue weighted by atomic mass is 10.2. The van der Waals surface area contributed by atoms with E-state index in [1.807, 2.05) is 13.8 Å². The average molecular weight is 246 g/mol. The molecule has 0 saturated heterocycles. The molecule has 0 fully saturated rings. The molecule has 74 valence electrons. The highest BCUT2D eigenvalue weighted by atomic mass is 79.9. The maximum atomic E-state index is 11.3. The Morgan fingerprint density at radius 2 is 2.15 bits per heavy atom. The first-order chi connectivity index (χ1) is 5.98. The molecule has 0 saturated carbocycles. The molecule has 0 bridgehead atoms. The van der Waals surface area contributed by atoms with E-state index >= 15 is 0 Å². The van der Waals surface area contributed by atoms with Crippen molar-refractivity contribution in [2.45, 2.75) is 37.4 Å². The van der Waals surface area contributed by atoms with Gasteiger partial charge in [-0.15, -0.1) is 12.3 Å². The van der Waals surface area contributed by atoms with Crippen LogP contribution in [0, 0.1) is 12.3 Å². The molecule has 0 unspecified atom stereocenters. The summed E-state index contributed by atoms with van der Waals surface area (Å²) in [7, 11) is 0. The van der Waals surface area contributed by atoms with Gasteiger partial charge in [0.25, 0.3) is 0 Å². The van der Waals surface area contributed by atoms with E-state index in [1.54, 1.807) is 0 Å². The Kier molecular flexibility index (Phi) is 5.81. The Bertz CT molecular complexity index is 200. The van der Waals surface area contributed by atoms with Gasteiger partial charge in [-0.25, -0.2) is 0 Å². The number of nitrogens with one attached hydrogen (secondary N) is 1. The predicted octanol–water partition coefficient (Wildman–Crippen LogP) is 2.08. The molecule has 0 aliphatic rings. The van der Waals surface area contributed by atoms with Crippen molar-refractivity contribution in [2.75, 3.05) is 6.54 Å². The number of rotatable bonds is 5. The summed E-state index contributed by atoms with van der Waals surface area (Å²) in [6, 6.07) is 0. The van der Waals surface area contributed by atoms with Crippen LogP contribution in [-0.2, 0) is 4.79 Å². The van der Waals surface area contributed by atoms with Crippen LogP contribution in [0.5, 0.6) is 0 Å². The smallest absolute Gasteiger partial charge is 0.236 e. The first-order valence-electron chi connectivity index (χ1n) is 4.39. The summed E-state index contributed by atoms with van der Waals surface area (Å²) in [6.07, 6.45) is 7.80. The van der Waals surface area contributed by atoms with Gasteiger partial charge < -0.3 is 5.32 Å². The summed E-state index contributed by atoms with van der Waals surface area (Å²) in [4.78, 5) is 11.3. The van der Waals surface area contributed by atoms with Crippen molar-refractivity contribution in [1.82, 2.24) is 5.32 Å². The normalized spacial score (nSPS) is 10.6. The highest BCUT2D eigenvalue weighted by Crippen LogP contribution is 2.15. The van der Waals surface area contributed by atoms with E-state index in [0.29, 0.717) is 6.54 Å². The lowest BCUT2D eigenvalue weighted by Gasteiger charge is -2.15. The van der Waals surface area contributed by atoms with Crippen LogP contribution >= 0.6 is 15.9 Å². The highest BCUT2D eigenvalue weighted by molar-refractivity contribution is 9.10. The van der Waals surface area contributed by atoms with Gasteiger partial charge in [-0.2, -0.15) is 0 Å². The van der Waals surface area contributed by atoms with Crippen molar-refractivity contribution < 1.29 is 4.79 Å². The fourth-order valence-electron chi connectivity index (χ4n) is 0.764. The molecule has 0 aromatic heterocycles. The molecule has 0 aliphatic heterocycles. The van der Waals surface area contributed by atoms with Crippen LogP contribution < -0.4 is 5.32 Å². The molecule has 0 radical (unpaired) electrons. The number of alkyl halides is 1. The molecule has 13 heavy (non-hydrogen) atoms. The summed E-state index contributed by atoms with van der Waals surface area (Å²) in [5.41, 5.74) is 0. The summed E-state index contributed by atoms with van der Waals surface area (Å²) in [6.45, 7) is 4.35. The Labute approximate surface area is 88.6 Å². The van der Waals surface area contributed by atoms with Gasteiger partial charge in [-0.05, 0) is 26.7 Å². The maximum absolute atomic E-state index is 11.3. The average Bonchev–Trinajstić information content (AvgIpc) is 2.02. The second-order valence-corrected chi connectivity index (χ2v) is 5.37. The third-order valence-electron chi connectivity index (χ3n) is 1.57. The van der Waals surface area contributed by atoms with E-state index in [9.17, 15) is 4.79 Å². The molecule has 0 spiro atoms. The van der Waals surface area contributed by atoms with Crippen molar-refractivity contribution in [1.29, 1.82) is 0 Å². The number of hydrogen-bond acceptors (Lipinski definition) is 1. The predicted molar refractivity (Wildman–Crippen MR) is 58.7 cm³/mol. The van der Waals surface area contributed by atoms with Crippen LogP contribution in [-0.4, -0.2) is 16.8 Å². The topological polar surface area (TPSA) is 29.1 Å². The minimum Gasteiger partial charge on any atom is -0.355 e. The van der Waals surface area contributed by atoms with Crippen LogP contribution in [0.4, 0.5) is 0 Å². The fourth-order valence-corrected chi connectivity index (χ4v) is 0.904. The fraction of sp³-hybridized carbons (Fsp3) is 0.700. The molecule has 0 rings (SSSR count). The van der Waals surface area contributed by atoms with Gasteiger partial charge in [-0.3, -0.25) is 4.79 Å². The molecular weight excluding hydrogens is 230 g/mol. The molecule has 0 aliphatic carbocycles. The summed E-state index contributed by atoms with van der Waals surface area (Å²) >= 11 is 3.28. The van der Waals surface area contributed by atoms with Gasteiger partial charge in [0, 0.05) is 13.0 Å². The molecule has 1 amide bonds. The molecule has 2 nitrogen and oxygen atoms in total. The largest absolute Gasteiger partial charge is 0.355 e. The number of carbonyl (C=O) groups excluding carboxylic acids is 1. The lowest BCUT2D eigenvalue weighted by molar-refractivity contribution is -0.122. The SMILES string of the molecule is C#CCCCCNC(=O)C(C)(C)Br. The lowest BCUT2D eigenvalue weighted by Crippen LogP contribution is -2.37. The summed E-state index contributed by atoms with van der Waals surface area (Å²) < 4.78 is -0.473. The molecule has 0 heterocycles. The quantitative estimate of drug-likeness (QED) is 0.449. The zero-order valence-electron chi connectivity index (χ0n) is 8.19. The third-order valence-corrected chi connectivity index (χ3v) is 1.93. The van der Waals surface area contributed by atoms with Gasteiger partial charge in [0.2, 0.25) is 5.91 Å². The van der Waals surface area contributed by atoms with Crippen molar-refractivity contribution in [3.05, 3.63) is 0 Å². The van der Waals surface area contributed by atoms with E-state index in [0.717, 1.165) is 19.3 Å².